The summed E-state index contributed by atoms with van der Waals surface area (Å²) in [6, 6.07) is 10.9. The molecule has 1 aromatic carbocycles. The van der Waals surface area contributed by atoms with Gasteiger partial charge in [-0.3, -0.25) is 4.79 Å². The molecule has 0 aliphatic heterocycles. The maximum atomic E-state index is 13.5. The van der Waals surface area contributed by atoms with E-state index < -0.39 is 17.7 Å². The number of carbonyl (C=O) groups excluding carboxylic acids is 2. The van der Waals surface area contributed by atoms with Crippen molar-refractivity contribution in [3.63, 3.8) is 0 Å². The Morgan fingerprint density at radius 3 is 2.58 bits per heavy atom. The van der Waals surface area contributed by atoms with Crippen molar-refractivity contribution in [1.29, 1.82) is 0 Å². The van der Waals surface area contributed by atoms with Gasteiger partial charge in [-0.25, -0.2) is 4.79 Å². The third-order valence-corrected chi connectivity index (χ3v) is 5.34. The van der Waals surface area contributed by atoms with E-state index in [1.165, 1.54) is 0 Å². The maximum absolute atomic E-state index is 13.5. The molecule has 6 nitrogen and oxygen atoms in total. The maximum Gasteiger partial charge on any atom is 0.408 e. The number of thiophene rings is 1. The summed E-state index contributed by atoms with van der Waals surface area (Å²) in [4.78, 5) is 28.8. The smallest absolute Gasteiger partial charge is 0.408 e. The average molecular weight is 446 g/mol. The summed E-state index contributed by atoms with van der Waals surface area (Å²) < 4.78 is 10.7. The molecule has 31 heavy (non-hydrogen) atoms. The zero-order valence-corrected chi connectivity index (χ0v) is 19.7. The van der Waals surface area contributed by atoms with E-state index in [0.29, 0.717) is 25.9 Å². The van der Waals surface area contributed by atoms with Crippen LogP contribution in [0.25, 0.3) is 0 Å². The lowest BCUT2D eigenvalue weighted by Crippen LogP contribution is -2.49. The number of ether oxygens (including phenoxy) is 2. The first-order valence-electron chi connectivity index (χ1n) is 10.4. The number of rotatable bonds is 10. The number of hydrogen-bond acceptors (Lipinski definition) is 5. The standard InChI is InChI=1S/C24H33N2O4S/c1-6-7-13-21(25-23(28)30-24(2,3)4)22(27)26(17-20-12-9-14-31-20)16-18-10-8-11-19(15-18)29-5/h8-12,14-15,21H,1,6-7,13,16-17H2,2-5H3,(H,25,28)/t21-/m1/s1. The van der Waals surface area contributed by atoms with E-state index in [1.54, 1.807) is 44.1 Å². The number of alkyl carbamates (subject to hydrolysis) is 1. The molecule has 1 aromatic heterocycles. The van der Waals surface area contributed by atoms with Crippen LogP contribution in [-0.2, 0) is 22.6 Å². The first-order chi connectivity index (χ1) is 14.7. The van der Waals surface area contributed by atoms with E-state index >= 15 is 0 Å². The Bertz CT molecular complexity index is 830. The van der Waals surface area contributed by atoms with Crippen LogP contribution in [0.15, 0.2) is 41.8 Å². The first-order valence-corrected chi connectivity index (χ1v) is 11.3. The summed E-state index contributed by atoms with van der Waals surface area (Å²) >= 11 is 1.60. The van der Waals surface area contributed by atoms with Gasteiger partial charge in [0.05, 0.1) is 13.7 Å². The normalized spacial score (nSPS) is 12.2. The third kappa shape index (κ3) is 8.61. The highest BCUT2D eigenvalue weighted by Crippen LogP contribution is 2.20. The predicted octanol–water partition coefficient (Wildman–Crippen LogP) is 5.18. The van der Waals surface area contributed by atoms with Crippen molar-refractivity contribution in [2.24, 2.45) is 0 Å². The molecule has 1 atom stereocenters. The molecular formula is C24H33N2O4S. The number of unbranched alkanes of at least 4 members (excludes halogenated alkanes) is 1. The molecule has 2 aromatic rings. The Balaban J connectivity index is 2.23. The van der Waals surface area contributed by atoms with Crippen molar-refractivity contribution in [3.8, 4) is 5.75 Å². The Hall–Kier alpha value is -2.54. The van der Waals surface area contributed by atoms with Crippen LogP contribution in [0.3, 0.4) is 0 Å². The van der Waals surface area contributed by atoms with Gasteiger partial charge in [-0.1, -0.05) is 38.0 Å². The molecule has 0 saturated heterocycles. The van der Waals surface area contributed by atoms with Crippen molar-refractivity contribution < 1.29 is 19.1 Å². The highest BCUT2D eigenvalue weighted by Gasteiger charge is 2.28. The van der Waals surface area contributed by atoms with Gasteiger partial charge in [-0.15, -0.1) is 11.3 Å². The summed E-state index contributed by atoms with van der Waals surface area (Å²) in [6.45, 7) is 10.1. The molecule has 169 valence electrons. The van der Waals surface area contributed by atoms with E-state index in [2.05, 4.69) is 12.2 Å². The fraction of sp³-hybridized carbons (Fsp3) is 0.458. The predicted molar refractivity (Wildman–Crippen MR) is 124 cm³/mol. The monoisotopic (exact) mass is 445 g/mol. The molecule has 0 saturated carbocycles. The second-order valence-electron chi connectivity index (χ2n) is 8.32. The second-order valence-corrected chi connectivity index (χ2v) is 9.35. The van der Waals surface area contributed by atoms with E-state index in [4.69, 9.17) is 9.47 Å². The van der Waals surface area contributed by atoms with Crippen LogP contribution >= 0.6 is 11.3 Å². The number of nitrogens with zero attached hydrogens (tertiary/aromatic N) is 1. The molecule has 7 heteroatoms. The molecule has 0 aliphatic carbocycles. The molecule has 2 amide bonds. The fourth-order valence-electron chi connectivity index (χ4n) is 3.07. The molecule has 2 rings (SSSR count). The topological polar surface area (TPSA) is 67.9 Å². The Labute approximate surface area is 189 Å². The summed E-state index contributed by atoms with van der Waals surface area (Å²) in [5, 5.41) is 4.76. The van der Waals surface area contributed by atoms with Crippen molar-refractivity contribution in [2.45, 2.75) is 64.8 Å². The SMILES string of the molecule is [CH2]CCC[C@@H](NC(=O)OC(C)(C)C)C(=O)N(Cc1cccc(OC)c1)Cc1cccs1. The average Bonchev–Trinajstić information content (AvgIpc) is 3.22. The quantitative estimate of drug-likeness (QED) is 0.547. The Morgan fingerprint density at radius 2 is 1.97 bits per heavy atom. The van der Waals surface area contributed by atoms with Crippen LogP contribution in [0.4, 0.5) is 4.79 Å². The van der Waals surface area contributed by atoms with Gasteiger partial charge in [-0.05, 0) is 56.3 Å². The van der Waals surface area contributed by atoms with Crippen molar-refractivity contribution in [2.75, 3.05) is 7.11 Å². The minimum atomic E-state index is -0.679. The summed E-state index contributed by atoms with van der Waals surface area (Å²) in [5.41, 5.74) is 0.318. The van der Waals surface area contributed by atoms with Gasteiger partial charge < -0.3 is 19.7 Å². The minimum absolute atomic E-state index is 0.143. The van der Waals surface area contributed by atoms with Crippen molar-refractivity contribution in [3.05, 3.63) is 59.1 Å². The molecular weight excluding hydrogens is 412 g/mol. The van der Waals surface area contributed by atoms with Crippen LogP contribution in [0.5, 0.6) is 5.75 Å². The third-order valence-electron chi connectivity index (χ3n) is 4.48. The number of amides is 2. The van der Waals surface area contributed by atoms with Crippen LogP contribution in [-0.4, -0.2) is 35.7 Å². The highest BCUT2D eigenvalue weighted by molar-refractivity contribution is 7.09. The highest BCUT2D eigenvalue weighted by atomic mass is 32.1. The number of hydrogen-bond donors (Lipinski definition) is 1. The molecule has 1 radical (unpaired) electrons. The number of nitrogens with one attached hydrogen (secondary N) is 1. The van der Waals surface area contributed by atoms with Gasteiger partial charge in [0, 0.05) is 11.4 Å². The number of benzene rings is 1. The molecule has 0 bridgehead atoms. The van der Waals surface area contributed by atoms with E-state index in [9.17, 15) is 9.59 Å². The minimum Gasteiger partial charge on any atom is -0.497 e. The fourth-order valence-corrected chi connectivity index (χ4v) is 3.79. The zero-order chi connectivity index (χ0) is 22.9. The van der Waals surface area contributed by atoms with Crippen molar-refractivity contribution in [1.82, 2.24) is 10.2 Å². The molecule has 0 fully saturated rings. The second kappa shape index (κ2) is 11.7. The van der Waals surface area contributed by atoms with Gasteiger partial charge in [0.15, 0.2) is 0 Å². The van der Waals surface area contributed by atoms with Crippen LogP contribution < -0.4 is 10.1 Å². The summed E-state index contributed by atoms with van der Waals surface area (Å²) in [5.74, 6) is 0.594. The Kier molecular flexibility index (Phi) is 9.37. The lowest BCUT2D eigenvalue weighted by atomic mass is 10.1. The molecule has 0 aliphatic rings. The lowest BCUT2D eigenvalue weighted by Gasteiger charge is -2.29. The lowest BCUT2D eigenvalue weighted by molar-refractivity contribution is -0.135. The van der Waals surface area contributed by atoms with Crippen molar-refractivity contribution >= 4 is 23.3 Å². The zero-order valence-electron chi connectivity index (χ0n) is 18.8. The molecule has 1 heterocycles. The van der Waals surface area contributed by atoms with Gasteiger partial charge >= 0.3 is 6.09 Å². The van der Waals surface area contributed by atoms with E-state index in [1.807, 2.05) is 41.8 Å². The van der Waals surface area contributed by atoms with Gasteiger partial charge in [-0.2, -0.15) is 0 Å². The summed E-state index contributed by atoms with van der Waals surface area (Å²) in [7, 11) is 1.62. The largest absolute Gasteiger partial charge is 0.497 e. The number of methoxy groups -OCH3 is 1. The Morgan fingerprint density at radius 1 is 1.19 bits per heavy atom. The number of carbonyl (C=O) groups is 2. The van der Waals surface area contributed by atoms with Crippen LogP contribution in [0.1, 0.15) is 50.5 Å². The van der Waals surface area contributed by atoms with Gasteiger partial charge in [0.2, 0.25) is 5.91 Å². The van der Waals surface area contributed by atoms with Gasteiger partial charge in [0.25, 0.3) is 0 Å². The first kappa shape index (κ1) is 24.7. The summed E-state index contributed by atoms with van der Waals surface area (Å²) in [6.07, 6.45) is 1.31. The van der Waals surface area contributed by atoms with Gasteiger partial charge in [0.1, 0.15) is 17.4 Å². The molecule has 0 spiro atoms. The van der Waals surface area contributed by atoms with Crippen LogP contribution in [0.2, 0.25) is 0 Å². The van der Waals surface area contributed by atoms with Crippen LogP contribution in [0, 0.1) is 6.92 Å². The molecule has 1 N–H and O–H groups in total. The van der Waals surface area contributed by atoms with E-state index in [0.717, 1.165) is 22.6 Å². The molecule has 0 unspecified atom stereocenters. The van der Waals surface area contributed by atoms with E-state index in [-0.39, 0.29) is 5.91 Å².